The summed E-state index contributed by atoms with van der Waals surface area (Å²) in [5.41, 5.74) is 1.17. The lowest BCUT2D eigenvalue weighted by molar-refractivity contribution is 0.134. The Hall–Kier alpha value is -1.74. The van der Waals surface area contributed by atoms with E-state index in [4.69, 9.17) is 9.15 Å². The minimum Gasteiger partial charge on any atom is -0.493 e. The SMILES string of the molecule is Cc1cccc(OCCC(O)Cc2ccco2)c1. The van der Waals surface area contributed by atoms with Crippen molar-refractivity contribution in [2.45, 2.75) is 25.9 Å². The van der Waals surface area contributed by atoms with E-state index in [-0.39, 0.29) is 0 Å². The normalized spacial score (nSPS) is 12.3. The van der Waals surface area contributed by atoms with Crippen molar-refractivity contribution in [2.24, 2.45) is 0 Å². The van der Waals surface area contributed by atoms with Gasteiger partial charge in [-0.1, -0.05) is 12.1 Å². The van der Waals surface area contributed by atoms with Crippen molar-refractivity contribution in [2.75, 3.05) is 6.61 Å². The second kappa shape index (κ2) is 6.26. The van der Waals surface area contributed by atoms with E-state index in [1.807, 2.05) is 43.3 Å². The van der Waals surface area contributed by atoms with Crippen molar-refractivity contribution in [1.29, 1.82) is 0 Å². The molecular formula is C15H18O3. The molecule has 1 heterocycles. The number of ether oxygens (including phenoxy) is 1. The van der Waals surface area contributed by atoms with E-state index in [0.717, 1.165) is 11.5 Å². The third-order valence-electron chi connectivity index (χ3n) is 2.73. The number of aliphatic hydroxyl groups excluding tert-OH is 1. The molecule has 0 aliphatic carbocycles. The number of aliphatic hydroxyl groups is 1. The minimum atomic E-state index is -0.430. The molecule has 0 amide bonds. The molecule has 0 aliphatic heterocycles. The fourth-order valence-corrected chi connectivity index (χ4v) is 1.78. The van der Waals surface area contributed by atoms with E-state index in [0.29, 0.717) is 19.4 Å². The van der Waals surface area contributed by atoms with Gasteiger partial charge in [0.05, 0.1) is 19.0 Å². The second-order valence-corrected chi connectivity index (χ2v) is 4.39. The highest BCUT2D eigenvalue weighted by atomic mass is 16.5. The molecule has 2 aromatic rings. The van der Waals surface area contributed by atoms with Gasteiger partial charge >= 0.3 is 0 Å². The van der Waals surface area contributed by atoms with Gasteiger partial charge in [0.25, 0.3) is 0 Å². The van der Waals surface area contributed by atoms with Crippen LogP contribution in [0.2, 0.25) is 0 Å². The lowest BCUT2D eigenvalue weighted by Crippen LogP contribution is -2.14. The first-order valence-corrected chi connectivity index (χ1v) is 6.14. The average Bonchev–Trinajstić information content (AvgIpc) is 2.82. The highest BCUT2D eigenvalue weighted by Crippen LogP contribution is 2.13. The van der Waals surface area contributed by atoms with Crippen molar-refractivity contribution >= 4 is 0 Å². The highest BCUT2D eigenvalue weighted by molar-refractivity contribution is 5.27. The summed E-state index contributed by atoms with van der Waals surface area (Å²) in [4.78, 5) is 0. The Kier molecular flexibility index (Phi) is 4.42. The molecule has 3 nitrogen and oxygen atoms in total. The monoisotopic (exact) mass is 246 g/mol. The van der Waals surface area contributed by atoms with E-state index in [9.17, 15) is 5.11 Å². The topological polar surface area (TPSA) is 42.6 Å². The third-order valence-corrected chi connectivity index (χ3v) is 2.73. The predicted octanol–water partition coefficient (Wildman–Crippen LogP) is 2.96. The van der Waals surface area contributed by atoms with E-state index in [2.05, 4.69) is 0 Å². The molecule has 2 rings (SSSR count). The average molecular weight is 246 g/mol. The molecule has 0 bridgehead atoms. The second-order valence-electron chi connectivity index (χ2n) is 4.39. The zero-order chi connectivity index (χ0) is 12.8. The van der Waals surface area contributed by atoms with Crippen LogP contribution in [-0.2, 0) is 6.42 Å². The van der Waals surface area contributed by atoms with Gasteiger partial charge in [-0.2, -0.15) is 0 Å². The largest absolute Gasteiger partial charge is 0.493 e. The molecule has 0 saturated carbocycles. The van der Waals surface area contributed by atoms with Crippen LogP contribution in [0, 0.1) is 6.92 Å². The fraction of sp³-hybridized carbons (Fsp3) is 0.333. The van der Waals surface area contributed by atoms with Gasteiger partial charge in [0.1, 0.15) is 11.5 Å². The van der Waals surface area contributed by atoms with Gasteiger partial charge in [-0.3, -0.25) is 0 Å². The summed E-state index contributed by atoms with van der Waals surface area (Å²) in [5.74, 6) is 1.65. The number of hydrogen-bond acceptors (Lipinski definition) is 3. The Bertz CT molecular complexity index is 462. The molecule has 0 fully saturated rings. The first kappa shape index (κ1) is 12.7. The van der Waals surface area contributed by atoms with Gasteiger partial charge < -0.3 is 14.3 Å². The standard InChI is InChI=1S/C15H18O3/c1-12-4-2-5-14(10-12)18-9-7-13(16)11-15-6-3-8-17-15/h2-6,8,10,13,16H,7,9,11H2,1H3. The Balaban J connectivity index is 1.72. The molecule has 1 N–H and O–H groups in total. The first-order chi connectivity index (χ1) is 8.74. The highest BCUT2D eigenvalue weighted by Gasteiger charge is 2.07. The molecule has 1 atom stereocenters. The van der Waals surface area contributed by atoms with Crippen LogP contribution < -0.4 is 4.74 Å². The lowest BCUT2D eigenvalue weighted by atomic mass is 10.1. The smallest absolute Gasteiger partial charge is 0.119 e. The van der Waals surface area contributed by atoms with Crippen LogP contribution in [0.5, 0.6) is 5.75 Å². The van der Waals surface area contributed by atoms with E-state index in [1.165, 1.54) is 5.56 Å². The zero-order valence-electron chi connectivity index (χ0n) is 10.5. The lowest BCUT2D eigenvalue weighted by Gasteiger charge is -2.10. The summed E-state index contributed by atoms with van der Waals surface area (Å²) in [6.45, 7) is 2.53. The summed E-state index contributed by atoms with van der Waals surface area (Å²) in [6, 6.07) is 11.6. The summed E-state index contributed by atoms with van der Waals surface area (Å²) < 4.78 is 10.8. The molecule has 0 aliphatic rings. The molecule has 3 heteroatoms. The van der Waals surface area contributed by atoms with Crippen molar-refractivity contribution in [3.63, 3.8) is 0 Å². The summed E-state index contributed by atoms with van der Waals surface area (Å²) in [5, 5.41) is 9.81. The van der Waals surface area contributed by atoms with E-state index in [1.54, 1.807) is 6.26 Å². The quantitative estimate of drug-likeness (QED) is 0.852. The molecule has 1 unspecified atom stereocenters. The first-order valence-electron chi connectivity index (χ1n) is 6.14. The Labute approximate surface area is 107 Å². The van der Waals surface area contributed by atoms with Gasteiger partial charge in [-0.05, 0) is 36.8 Å². The maximum Gasteiger partial charge on any atom is 0.119 e. The van der Waals surface area contributed by atoms with Crippen LogP contribution in [0.4, 0.5) is 0 Å². The Morgan fingerprint density at radius 2 is 2.17 bits per heavy atom. The van der Waals surface area contributed by atoms with Gasteiger partial charge in [0.2, 0.25) is 0 Å². The van der Waals surface area contributed by atoms with E-state index < -0.39 is 6.10 Å². The molecule has 18 heavy (non-hydrogen) atoms. The third kappa shape index (κ3) is 3.93. The summed E-state index contributed by atoms with van der Waals surface area (Å²) in [6.07, 6.45) is 2.31. The van der Waals surface area contributed by atoms with Crippen molar-refractivity contribution in [3.05, 3.63) is 54.0 Å². The maximum absolute atomic E-state index is 9.81. The van der Waals surface area contributed by atoms with Crippen molar-refractivity contribution in [3.8, 4) is 5.75 Å². The number of aryl methyl sites for hydroxylation is 1. The van der Waals surface area contributed by atoms with Gasteiger partial charge in [0.15, 0.2) is 0 Å². The van der Waals surface area contributed by atoms with Crippen LogP contribution in [0.25, 0.3) is 0 Å². The number of rotatable bonds is 6. The van der Waals surface area contributed by atoms with Crippen LogP contribution in [-0.4, -0.2) is 17.8 Å². The molecule has 1 aromatic heterocycles. The Morgan fingerprint density at radius 1 is 1.28 bits per heavy atom. The van der Waals surface area contributed by atoms with Crippen LogP contribution in [0.1, 0.15) is 17.7 Å². The van der Waals surface area contributed by atoms with Crippen LogP contribution in [0.3, 0.4) is 0 Å². The summed E-state index contributed by atoms with van der Waals surface area (Å²) >= 11 is 0. The molecule has 0 radical (unpaired) electrons. The van der Waals surface area contributed by atoms with Crippen molar-refractivity contribution < 1.29 is 14.3 Å². The number of hydrogen-bond donors (Lipinski definition) is 1. The molecule has 0 spiro atoms. The zero-order valence-corrected chi connectivity index (χ0v) is 10.5. The van der Waals surface area contributed by atoms with Gasteiger partial charge in [-0.15, -0.1) is 0 Å². The van der Waals surface area contributed by atoms with Gasteiger partial charge in [-0.25, -0.2) is 0 Å². The van der Waals surface area contributed by atoms with Crippen molar-refractivity contribution in [1.82, 2.24) is 0 Å². The number of furan rings is 1. The predicted molar refractivity (Wildman–Crippen MR) is 69.7 cm³/mol. The van der Waals surface area contributed by atoms with Crippen LogP contribution in [0.15, 0.2) is 47.1 Å². The van der Waals surface area contributed by atoms with E-state index >= 15 is 0 Å². The van der Waals surface area contributed by atoms with Gasteiger partial charge in [0, 0.05) is 12.8 Å². The maximum atomic E-state index is 9.81. The van der Waals surface area contributed by atoms with Crippen LogP contribution >= 0.6 is 0 Å². The molecule has 1 aromatic carbocycles. The fourth-order valence-electron chi connectivity index (χ4n) is 1.78. The number of benzene rings is 1. The Morgan fingerprint density at radius 3 is 2.89 bits per heavy atom. The molecule has 0 saturated heterocycles. The molecular weight excluding hydrogens is 228 g/mol. The molecule has 96 valence electrons. The summed E-state index contributed by atoms with van der Waals surface area (Å²) in [7, 11) is 0. The minimum absolute atomic E-state index is 0.430.